The normalized spacial score (nSPS) is 11.2. The lowest BCUT2D eigenvalue weighted by atomic mass is 10.2. The molecule has 0 aliphatic heterocycles. The second-order valence-electron chi connectivity index (χ2n) is 5.76. The highest BCUT2D eigenvalue weighted by molar-refractivity contribution is 7.89. The Labute approximate surface area is 158 Å². The van der Waals surface area contributed by atoms with Crippen LogP contribution >= 0.6 is 12.4 Å². The Morgan fingerprint density at radius 3 is 2.00 bits per heavy atom. The third-order valence-electron chi connectivity index (χ3n) is 3.73. The van der Waals surface area contributed by atoms with E-state index in [0.29, 0.717) is 31.7 Å². The Balaban J connectivity index is 0.00000576. The lowest BCUT2D eigenvalue weighted by molar-refractivity contribution is 0.0796. The number of carbonyl (C=O) groups is 1. The van der Waals surface area contributed by atoms with Crippen molar-refractivity contribution < 1.29 is 13.2 Å². The van der Waals surface area contributed by atoms with Gasteiger partial charge in [-0.2, -0.15) is 4.31 Å². The van der Waals surface area contributed by atoms with Crippen molar-refractivity contribution in [2.45, 2.75) is 31.6 Å². The Kier molecular flexibility index (Phi) is 10.9. The molecule has 0 heterocycles. The fourth-order valence-electron chi connectivity index (χ4n) is 2.37. The van der Waals surface area contributed by atoms with Crippen molar-refractivity contribution >= 4 is 28.3 Å². The monoisotopic (exact) mass is 391 g/mol. The minimum absolute atomic E-state index is 0. The van der Waals surface area contributed by atoms with Crippen LogP contribution in [0.25, 0.3) is 0 Å². The van der Waals surface area contributed by atoms with Crippen molar-refractivity contribution in [1.29, 1.82) is 0 Å². The summed E-state index contributed by atoms with van der Waals surface area (Å²) in [4.78, 5) is 14.1. The van der Waals surface area contributed by atoms with Crippen LogP contribution in [-0.4, -0.2) is 63.8 Å². The Hall–Kier alpha value is -1.15. The molecular weight excluding hydrogens is 362 g/mol. The van der Waals surface area contributed by atoms with Gasteiger partial charge in [-0.05, 0) is 44.2 Å². The van der Waals surface area contributed by atoms with Gasteiger partial charge in [0.15, 0.2) is 0 Å². The number of nitrogens with zero attached hydrogens (tertiary/aromatic N) is 2. The molecule has 0 aromatic heterocycles. The highest BCUT2D eigenvalue weighted by Gasteiger charge is 2.23. The van der Waals surface area contributed by atoms with Crippen LogP contribution in [0.5, 0.6) is 0 Å². The number of rotatable bonds is 10. The molecule has 1 aromatic carbocycles. The largest absolute Gasteiger partial charge is 0.340 e. The van der Waals surface area contributed by atoms with Gasteiger partial charge in [-0.1, -0.05) is 13.8 Å². The minimum Gasteiger partial charge on any atom is -0.340 e. The van der Waals surface area contributed by atoms with Crippen molar-refractivity contribution in [3.63, 3.8) is 0 Å². The Morgan fingerprint density at radius 1 is 1.04 bits per heavy atom. The summed E-state index contributed by atoms with van der Waals surface area (Å²) >= 11 is 0. The summed E-state index contributed by atoms with van der Waals surface area (Å²) in [6, 6.07) is 6.21. The van der Waals surface area contributed by atoms with Crippen LogP contribution in [0.15, 0.2) is 29.2 Å². The smallest absolute Gasteiger partial charge is 0.253 e. The third-order valence-corrected chi connectivity index (χ3v) is 5.64. The third kappa shape index (κ3) is 6.58. The van der Waals surface area contributed by atoms with E-state index >= 15 is 0 Å². The second-order valence-corrected chi connectivity index (χ2v) is 7.70. The van der Waals surface area contributed by atoms with Crippen molar-refractivity contribution in [3.05, 3.63) is 29.8 Å². The molecule has 1 aromatic rings. The van der Waals surface area contributed by atoms with E-state index < -0.39 is 10.0 Å². The molecule has 0 bridgehead atoms. The molecule has 0 aliphatic carbocycles. The van der Waals surface area contributed by atoms with E-state index in [-0.39, 0.29) is 23.2 Å². The van der Waals surface area contributed by atoms with Gasteiger partial charge in [-0.3, -0.25) is 4.79 Å². The van der Waals surface area contributed by atoms with E-state index in [0.717, 1.165) is 12.8 Å². The van der Waals surface area contributed by atoms with Gasteiger partial charge in [0.05, 0.1) is 4.90 Å². The lowest BCUT2D eigenvalue weighted by Gasteiger charge is -2.21. The first-order valence-electron chi connectivity index (χ1n) is 8.38. The number of hydrogen-bond donors (Lipinski definition) is 1. The fraction of sp³-hybridized carbons (Fsp3) is 0.588. The van der Waals surface area contributed by atoms with Crippen LogP contribution in [0, 0.1) is 0 Å². The average Bonchev–Trinajstić information content (AvgIpc) is 2.58. The van der Waals surface area contributed by atoms with Gasteiger partial charge in [0, 0.05) is 38.8 Å². The molecule has 144 valence electrons. The van der Waals surface area contributed by atoms with Crippen molar-refractivity contribution in [2.75, 3.05) is 40.3 Å². The number of carbonyl (C=O) groups excluding carboxylic acids is 1. The van der Waals surface area contributed by atoms with Gasteiger partial charge in [0.2, 0.25) is 10.0 Å². The standard InChI is InChI=1S/C17H29N3O3S.ClH/c1-5-12-20(13-6-2)24(22,23)16-9-7-15(8-10-16)17(21)19(4)14-11-18-3;/h7-10,18H,5-6,11-14H2,1-4H3;1H. The molecule has 1 amide bonds. The van der Waals surface area contributed by atoms with Crippen LogP contribution in [-0.2, 0) is 10.0 Å². The molecule has 0 fully saturated rings. The molecule has 0 saturated carbocycles. The summed E-state index contributed by atoms with van der Waals surface area (Å²) in [5.41, 5.74) is 0.491. The van der Waals surface area contributed by atoms with E-state index in [1.807, 2.05) is 20.9 Å². The highest BCUT2D eigenvalue weighted by Crippen LogP contribution is 2.18. The number of hydrogen-bond acceptors (Lipinski definition) is 4. The molecule has 0 unspecified atom stereocenters. The predicted molar refractivity (Wildman–Crippen MR) is 104 cm³/mol. The lowest BCUT2D eigenvalue weighted by Crippen LogP contribution is -2.33. The zero-order valence-electron chi connectivity index (χ0n) is 15.5. The van der Waals surface area contributed by atoms with Gasteiger partial charge in [-0.15, -0.1) is 12.4 Å². The van der Waals surface area contributed by atoms with E-state index in [1.165, 1.54) is 16.4 Å². The van der Waals surface area contributed by atoms with Crippen LogP contribution in [0.4, 0.5) is 0 Å². The van der Waals surface area contributed by atoms with Crippen molar-refractivity contribution in [2.24, 2.45) is 0 Å². The quantitative estimate of drug-likeness (QED) is 0.663. The highest BCUT2D eigenvalue weighted by atomic mass is 35.5. The van der Waals surface area contributed by atoms with Crippen LogP contribution in [0.1, 0.15) is 37.0 Å². The van der Waals surface area contributed by atoms with Crippen molar-refractivity contribution in [1.82, 2.24) is 14.5 Å². The molecule has 0 radical (unpaired) electrons. The topological polar surface area (TPSA) is 69.7 Å². The maximum absolute atomic E-state index is 12.7. The first kappa shape index (κ1) is 23.9. The van der Waals surface area contributed by atoms with E-state index in [1.54, 1.807) is 24.1 Å². The van der Waals surface area contributed by atoms with Gasteiger partial charge in [0.1, 0.15) is 0 Å². The van der Waals surface area contributed by atoms with Gasteiger partial charge in [0.25, 0.3) is 5.91 Å². The number of sulfonamides is 1. The summed E-state index contributed by atoms with van der Waals surface area (Å²) in [6.45, 7) is 6.23. The summed E-state index contributed by atoms with van der Waals surface area (Å²) in [5.74, 6) is -0.117. The first-order valence-corrected chi connectivity index (χ1v) is 9.82. The van der Waals surface area contributed by atoms with Gasteiger partial charge in [-0.25, -0.2) is 8.42 Å². The zero-order chi connectivity index (χ0) is 18.2. The van der Waals surface area contributed by atoms with E-state index in [2.05, 4.69) is 5.32 Å². The second kappa shape index (κ2) is 11.5. The number of amides is 1. The Morgan fingerprint density at radius 2 is 1.56 bits per heavy atom. The molecule has 25 heavy (non-hydrogen) atoms. The summed E-state index contributed by atoms with van der Waals surface area (Å²) in [5, 5.41) is 2.99. The summed E-state index contributed by atoms with van der Waals surface area (Å²) in [6.07, 6.45) is 1.54. The maximum Gasteiger partial charge on any atom is 0.253 e. The zero-order valence-corrected chi connectivity index (χ0v) is 17.1. The molecule has 0 aliphatic rings. The summed E-state index contributed by atoms with van der Waals surface area (Å²) < 4.78 is 26.9. The molecule has 8 heteroatoms. The Bertz CT molecular complexity index is 615. The number of halogens is 1. The predicted octanol–water partition coefficient (Wildman–Crippen LogP) is 2.21. The van der Waals surface area contributed by atoms with E-state index in [9.17, 15) is 13.2 Å². The molecule has 1 N–H and O–H groups in total. The molecule has 0 saturated heterocycles. The molecule has 0 atom stereocenters. The first-order chi connectivity index (χ1) is 11.4. The molecular formula is C17H30ClN3O3S. The average molecular weight is 392 g/mol. The minimum atomic E-state index is -3.50. The maximum atomic E-state index is 12.7. The number of likely N-dealkylation sites (N-methyl/N-ethyl adjacent to an activating group) is 2. The fourth-order valence-corrected chi connectivity index (χ4v) is 3.99. The van der Waals surface area contributed by atoms with Gasteiger partial charge >= 0.3 is 0 Å². The van der Waals surface area contributed by atoms with Crippen LogP contribution < -0.4 is 5.32 Å². The van der Waals surface area contributed by atoms with Crippen molar-refractivity contribution in [3.8, 4) is 0 Å². The van der Waals surface area contributed by atoms with Gasteiger partial charge < -0.3 is 10.2 Å². The molecule has 1 rings (SSSR count). The van der Waals surface area contributed by atoms with E-state index in [4.69, 9.17) is 0 Å². The SMILES string of the molecule is CCCN(CCC)S(=O)(=O)c1ccc(C(=O)N(C)CCNC)cc1.Cl. The molecule has 0 spiro atoms. The number of benzene rings is 1. The van der Waals surface area contributed by atoms with Crippen LogP contribution in [0.3, 0.4) is 0 Å². The van der Waals surface area contributed by atoms with Crippen LogP contribution in [0.2, 0.25) is 0 Å². The molecule has 6 nitrogen and oxygen atoms in total. The number of nitrogens with one attached hydrogen (secondary N) is 1. The summed E-state index contributed by atoms with van der Waals surface area (Å²) in [7, 11) is 0.0566.